The predicted octanol–water partition coefficient (Wildman–Crippen LogP) is 5.91. The third-order valence-corrected chi connectivity index (χ3v) is 9.58. The van der Waals surface area contributed by atoms with Gasteiger partial charge in [-0.15, -0.1) is 0 Å². The molecular weight excluding hydrogens is 288 g/mol. The lowest BCUT2D eigenvalue weighted by Gasteiger charge is -2.33. The molecule has 0 spiro atoms. The molecular formula is C19H32O2Si. The Bertz CT molecular complexity index is 479. The van der Waals surface area contributed by atoms with E-state index in [9.17, 15) is 0 Å². The van der Waals surface area contributed by atoms with Crippen LogP contribution in [0.3, 0.4) is 0 Å². The summed E-state index contributed by atoms with van der Waals surface area (Å²) in [5.74, 6) is 2.12. The molecule has 0 aliphatic carbocycles. The van der Waals surface area contributed by atoms with Gasteiger partial charge >= 0.3 is 0 Å². The summed E-state index contributed by atoms with van der Waals surface area (Å²) >= 11 is 0. The smallest absolute Gasteiger partial charge is 0.251 e. The minimum Gasteiger partial charge on any atom is -0.543 e. The summed E-state index contributed by atoms with van der Waals surface area (Å²) in [4.78, 5) is 0. The van der Waals surface area contributed by atoms with Crippen LogP contribution >= 0.6 is 0 Å². The van der Waals surface area contributed by atoms with E-state index in [0.29, 0.717) is 0 Å². The molecule has 124 valence electrons. The minimum absolute atomic E-state index is 0.0523. The van der Waals surface area contributed by atoms with Crippen molar-refractivity contribution < 1.29 is 9.16 Å². The normalized spacial score (nSPS) is 16.2. The molecule has 0 saturated carbocycles. The first-order valence-corrected chi connectivity index (χ1v) is 11.5. The quantitative estimate of drug-likeness (QED) is 0.554. The molecule has 0 N–H and O–H groups in total. The highest BCUT2D eigenvalue weighted by Crippen LogP contribution is 2.45. The van der Waals surface area contributed by atoms with Gasteiger partial charge in [0.05, 0.1) is 6.61 Å². The topological polar surface area (TPSA) is 18.5 Å². The summed E-state index contributed by atoms with van der Waals surface area (Å²) in [5.41, 5.74) is 1.34. The molecule has 0 unspecified atom stereocenters. The Hall–Kier alpha value is -0.963. The molecule has 1 aromatic rings. The van der Waals surface area contributed by atoms with Crippen LogP contribution < -0.4 is 9.16 Å². The monoisotopic (exact) mass is 320 g/mol. The second kappa shape index (κ2) is 7.07. The average Bonchev–Trinajstić information content (AvgIpc) is 2.77. The van der Waals surface area contributed by atoms with E-state index in [-0.39, 0.29) is 5.41 Å². The molecule has 0 fully saturated rings. The lowest BCUT2D eigenvalue weighted by Crippen LogP contribution is -2.41. The molecule has 0 atom stereocenters. The standard InChI is InChI=1S/C19H32O2Si/c1-6-12-22(13-7-2,14-8-3)21-17-11-9-10-16-18(17)19(4,5)15-20-16/h9-11H,6-8,12-15H2,1-5H3. The van der Waals surface area contributed by atoms with Crippen LogP contribution in [0.4, 0.5) is 0 Å². The fourth-order valence-electron chi connectivity index (χ4n) is 3.84. The van der Waals surface area contributed by atoms with E-state index in [0.717, 1.165) is 18.1 Å². The maximum atomic E-state index is 6.86. The molecule has 1 aliphatic rings. The first-order chi connectivity index (χ1) is 10.5. The Morgan fingerprint density at radius 1 is 1.05 bits per heavy atom. The Labute approximate surface area is 137 Å². The summed E-state index contributed by atoms with van der Waals surface area (Å²) in [6, 6.07) is 10.1. The predicted molar refractivity (Wildman–Crippen MR) is 96.6 cm³/mol. The van der Waals surface area contributed by atoms with Gasteiger partial charge in [-0.25, -0.2) is 0 Å². The van der Waals surface area contributed by atoms with Gasteiger partial charge in [0, 0.05) is 11.0 Å². The highest BCUT2D eigenvalue weighted by atomic mass is 28.4. The van der Waals surface area contributed by atoms with Gasteiger partial charge in [0.25, 0.3) is 8.32 Å². The number of hydrogen-bond acceptors (Lipinski definition) is 2. The van der Waals surface area contributed by atoms with Crippen molar-refractivity contribution in [2.24, 2.45) is 0 Å². The number of hydrogen-bond donors (Lipinski definition) is 0. The molecule has 1 aromatic carbocycles. The third kappa shape index (κ3) is 3.50. The highest BCUT2D eigenvalue weighted by Gasteiger charge is 2.39. The van der Waals surface area contributed by atoms with Gasteiger partial charge in [0.2, 0.25) is 0 Å². The molecule has 1 heterocycles. The zero-order valence-electron chi connectivity index (χ0n) is 15.0. The number of rotatable bonds is 8. The molecule has 2 nitrogen and oxygen atoms in total. The summed E-state index contributed by atoms with van der Waals surface area (Å²) in [5, 5.41) is 0. The van der Waals surface area contributed by atoms with Crippen molar-refractivity contribution in [2.75, 3.05) is 6.61 Å². The van der Waals surface area contributed by atoms with Crippen molar-refractivity contribution in [3.05, 3.63) is 23.8 Å². The van der Waals surface area contributed by atoms with E-state index in [1.807, 2.05) is 0 Å². The van der Waals surface area contributed by atoms with Gasteiger partial charge in [0.1, 0.15) is 11.5 Å². The van der Waals surface area contributed by atoms with Gasteiger partial charge in [-0.05, 0) is 30.3 Å². The Balaban J connectivity index is 2.37. The van der Waals surface area contributed by atoms with E-state index in [4.69, 9.17) is 9.16 Å². The molecule has 1 aliphatic heterocycles. The minimum atomic E-state index is -1.70. The van der Waals surface area contributed by atoms with Gasteiger partial charge in [-0.3, -0.25) is 0 Å². The lowest BCUT2D eigenvalue weighted by molar-refractivity contribution is 0.290. The summed E-state index contributed by atoms with van der Waals surface area (Å²) in [7, 11) is -1.70. The second-order valence-electron chi connectivity index (χ2n) is 7.34. The largest absolute Gasteiger partial charge is 0.543 e. The van der Waals surface area contributed by atoms with E-state index in [1.165, 1.54) is 43.0 Å². The van der Waals surface area contributed by atoms with Crippen LogP contribution in [-0.4, -0.2) is 14.9 Å². The third-order valence-electron chi connectivity index (χ3n) is 4.70. The van der Waals surface area contributed by atoms with Gasteiger partial charge < -0.3 is 9.16 Å². The van der Waals surface area contributed by atoms with E-state index >= 15 is 0 Å². The van der Waals surface area contributed by atoms with Crippen molar-refractivity contribution in [3.8, 4) is 11.5 Å². The maximum absolute atomic E-state index is 6.86. The number of benzene rings is 1. The molecule has 0 radical (unpaired) electrons. The Morgan fingerprint density at radius 2 is 1.64 bits per heavy atom. The highest BCUT2D eigenvalue weighted by molar-refractivity contribution is 6.74. The van der Waals surface area contributed by atoms with Crippen molar-refractivity contribution in [3.63, 3.8) is 0 Å². The summed E-state index contributed by atoms with van der Waals surface area (Å²) < 4.78 is 12.7. The molecule has 22 heavy (non-hydrogen) atoms. The fraction of sp³-hybridized carbons (Fsp3) is 0.684. The van der Waals surface area contributed by atoms with Gasteiger partial charge in [-0.2, -0.15) is 0 Å². The molecule has 0 amide bonds. The van der Waals surface area contributed by atoms with Crippen LogP contribution in [0.25, 0.3) is 0 Å². The summed E-state index contributed by atoms with van der Waals surface area (Å²) in [6.07, 6.45) is 3.67. The molecule has 0 saturated heterocycles. The van der Waals surface area contributed by atoms with Crippen LogP contribution in [0, 0.1) is 0 Å². The van der Waals surface area contributed by atoms with Crippen molar-refractivity contribution >= 4 is 8.32 Å². The van der Waals surface area contributed by atoms with Gasteiger partial charge in [0.15, 0.2) is 0 Å². The van der Waals surface area contributed by atoms with E-state index < -0.39 is 8.32 Å². The summed E-state index contributed by atoms with van der Waals surface area (Å²) in [6.45, 7) is 12.1. The first-order valence-electron chi connectivity index (χ1n) is 8.93. The van der Waals surface area contributed by atoms with Gasteiger partial charge in [-0.1, -0.05) is 59.9 Å². The molecule has 2 rings (SSSR count). The Kier molecular flexibility index (Phi) is 5.59. The average molecular weight is 321 g/mol. The maximum Gasteiger partial charge on any atom is 0.251 e. The van der Waals surface area contributed by atoms with Crippen LogP contribution in [0.15, 0.2) is 18.2 Å². The zero-order valence-corrected chi connectivity index (χ0v) is 16.0. The fourth-order valence-corrected chi connectivity index (χ4v) is 8.27. The molecule has 0 bridgehead atoms. The van der Waals surface area contributed by atoms with E-state index in [2.05, 4.69) is 52.8 Å². The van der Waals surface area contributed by atoms with Crippen LogP contribution in [0.5, 0.6) is 11.5 Å². The first kappa shape index (κ1) is 17.4. The van der Waals surface area contributed by atoms with Crippen molar-refractivity contribution in [2.45, 2.75) is 77.4 Å². The lowest BCUT2D eigenvalue weighted by atomic mass is 9.86. The zero-order chi connectivity index (χ0) is 16.2. The SMILES string of the molecule is CCC[Si](CCC)(CCC)Oc1cccc2c1C(C)(C)CO2. The number of fused-ring (bicyclic) bond motifs is 1. The Morgan fingerprint density at radius 3 is 2.18 bits per heavy atom. The van der Waals surface area contributed by atoms with Crippen molar-refractivity contribution in [1.82, 2.24) is 0 Å². The van der Waals surface area contributed by atoms with E-state index in [1.54, 1.807) is 0 Å². The molecule has 0 aromatic heterocycles. The van der Waals surface area contributed by atoms with Crippen LogP contribution in [0.1, 0.15) is 59.4 Å². The second-order valence-corrected chi connectivity index (χ2v) is 11.4. The van der Waals surface area contributed by atoms with Crippen LogP contribution in [0.2, 0.25) is 18.1 Å². The number of ether oxygens (including phenoxy) is 1. The van der Waals surface area contributed by atoms with Crippen LogP contribution in [-0.2, 0) is 5.41 Å². The molecule has 3 heteroatoms. The van der Waals surface area contributed by atoms with Crippen molar-refractivity contribution in [1.29, 1.82) is 0 Å².